The minimum absolute atomic E-state index is 0.0784. The minimum Gasteiger partial charge on any atom is -0.467 e. The molecule has 6 heteroatoms. The van der Waals surface area contributed by atoms with Gasteiger partial charge in [0.2, 0.25) is 11.8 Å². The first-order valence-electron chi connectivity index (χ1n) is 9.51. The van der Waals surface area contributed by atoms with E-state index in [9.17, 15) is 9.59 Å². The van der Waals surface area contributed by atoms with Crippen molar-refractivity contribution in [2.45, 2.75) is 64.1 Å². The van der Waals surface area contributed by atoms with Gasteiger partial charge in [0.05, 0.1) is 18.8 Å². The van der Waals surface area contributed by atoms with Crippen LogP contribution in [0.1, 0.15) is 51.2 Å². The maximum Gasteiger partial charge on any atom is 0.243 e. The first-order valence-corrected chi connectivity index (χ1v) is 9.51. The molecule has 0 aromatic carbocycles. The third-order valence-electron chi connectivity index (χ3n) is 5.40. The second kappa shape index (κ2) is 8.52. The summed E-state index contributed by atoms with van der Waals surface area (Å²) in [5, 5.41) is 2.90. The summed E-state index contributed by atoms with van der Waals surface area (Å²) in [6, 6.07) is 3.14. The molecule has 2 aliphatic rings. The van der Waals surface area contributed by atoms with E-state index in [4.69, 9.17) is 4.42 Å². The number of furan rings is 1. The number of amides is 2. The van der Waals surface area contributed by atoms with Gasteiger partial charge in [-0.1, -0.05) is 12.8 Å². The topological polar surface area (TPSA) is 65.8 Å². The lowest BCUT2D eigenvalue weighted by atomic mass is 10.1. The zero-order valence-corrected chi connectivity index (χ0v) is 15.1. The molecule has 2 aliphatic heterocycles. The van der Waals surface area contributed by atoms with E-state index in [0.717, 1.165) is 44.5 Å². The normalized spacial score (nSPS) is 23.2. The summed E-state index contributed by atoms with van der Waals surface area (Å²) in [5.41, 5.74) is 0. The fraction of sp³-hybridized carbons (Fsp3) is 0.684. The summed E-state index contributed by atoms with van der Waals surface area (Å²) < 4.78 is 5.25. The standard InChI is InChI=1S/C19H29N3O3/c1-15(21-10-4-2-3-5-11-21)19(24)22-12-6-9-17(22)18(23)20-14-16-8-7-13-25-16/h7-8,13,15,17H,2-6,9-12,14H2,1H3,(H,20,23). The number of carbonyl (C=O) groups is 2. The quantitative estimate of drug-likeness (QED) is 0.886. The van der Waals surface area contributed by atoms with Crippen molar-refractivity contribution < 1.29 is 14.0 Å². The molecular weight excluding hydrogens is 318 g/mol. The van der Waals surface area contributed by atoms with Crippen LogP contribution < -0.4 is 5.32 Å². The SMILES string of the molecule is CC(C(=O)N1CCCC1C(=O)NCc1ccco1)N1CCCCCC1. The smallest absolute Gasteiger partial charge is 0.243 e. The van der Waals surface area contributed by atoms with E-state index in [1.165, 1.54) is 12.8 Å². The minimum atomic E-state index is -0.350. The number of nitrogens with zero attached hydrogens (tertiary/aromatic N) is 2. The average molecular weight is 347 g/mol. The van der Waals surface area contributed by atoms with Gasteiger partial charge in [0.25, 0.3) is 0 Å². The van der Waals surface area contributed by atoms with Gasteiger partial charge in [0.15, 0.2) is 0 Å². The number of likely N-dealkylation sites (tertiary alicyclic amines) is 2. The largest absolute Gasteiger partial charge is 0.467 e. The Labute approximate surface area is 149 Å². The van der Waals surface area contributed by atoms with Crippen molar-refractivity contribution in [2.24, 2.45) is 0 Å². The number of carbonyl (C=O) groups excluding carboxylic acids is 2. The second-order valence-electron chi connectivity index (χ2n) is 7.11. The molecule has 3 heterocycles. The van der Waals surface area contributed by atoms with Crippen LogP contribution in [0.3, 0.4) is 0 Å². The summed E-state index contributed by atoms with van der Waals surface area (Å²) >= 11 is 0. The molecule has 0 radical (unpaired) electrons. The molecule has 0 bridgehead atoms. The van der Waals surface area contributed by atoms with Crippen molar-refractivity contribution in [3.63, 3.8) is 0 Å². The van der Waals surface area contributed by atoms with Gasteiger partial charge in [-0.25, -0.2) is 0 Å². The number of hydrogen-bond donors (Lipinski definition) is 1. The predicted octanol–water partition coefficient (Wildman–Crippen LogP) is 2.15. The van der Waals surface area contributed by atoms with Crippen LogP contribution in [0.15, 0.2) is 22.8 Å². The summed E-state index contributed by atoms with van der Waals surface area (Å²) in [6.07, 6.45) is 8.03. The molecule has 2 amide bonds. The van der Waals surface area contributed by atoms with Crippen LogP contribution in [0.4, 0.5) is 0 Å². The Hall–Kier alpha value is -1.82. The molecule has 0 spiro atoms. The Kier molecular flexibility index (Phi) is 6.13. The molecule has 1 aromatic heterocycles. The fourth-order valence-electron chi connectivity index (χ4n) is 3.89. The summed E-state index contributed by atoms with van der Waals surface area (Å²) in [7, 11) is 0. The Morgan fingerprint density at radius 1 is 1.20 bits per heavy atom. The molecule has 2 atom stereocenters. The molecule has 1 N–H and O–H groups in total. The molecule has 1 aromatic rings. The summed E-state index contributed by atoms with van der Waals surface area (Å²) in [5.74, 6) is 0.741. The van der Waals surface area contributed by atoms with Gasteiger partial charge in [-0.3, -0.25) is 14.5 Å². The Morgan fingerprint density at radius 3 is 2.64 bits per heavy atom. The first-order chi connectivity index (χ1) is 12.2. The lowest BCUT2D eigenvalue weighted by Crippen LogP contribution is -2.52. The van der Waals surface area contributed by atoms with Crippen LogP contribution in [-0.4, -0.2) is 53.3 Å². The van der Waals surface area contributed by atoms with E-state index < -0.39 is 0 Å². The summed E-state index contributed by atoms with van der Waals surface area (Å²) in [4.78, 5) is 29.6. The van der Waals surface area contributed by atoms with Crippen molar-refractivity contribution in [1.29, 1.82) is 0 Å². The Morgan fingerprint density at radius 2 is 1.96 bits per heavy atom. The summed E-state index contributed by atoms with van der Waals surface area (Å²) in [6.45, 7) is 5.00. The number of nitrogens with one attached hydrogen (secondary N) is 1. The molecule has 2 saturated heterocycles. The van der Waals surface area contributed by atoms with E-state index in [1.54, 1.807) is 17.2 Å². The Bertz CT molecular complexity index is 564. The average Bonchev–Trinajstić information content (AvgIpc) is 3.25. The lowest BCUT2D eigenvalue weighted by molar-refractivity contribution is -0.142. The van der Waals surface area contributed by atoms with Crippen molar-refractivity contribution >= 4 is 11.8 Å². The van der Waals surface area contributed by atoms with E-state index >= 15 is 0 Å². The van der Waals surface area contributed by atoms with E-state index in [-0.39, 0.29) is 23.9 Å². The number of rotatable bonds is 5. The Balaban J connectivity index is 1.57. The van der Waals surface area contributed by atoms with Gasteiger partial charge in [-0.15, -0.1) is 0 Å². The molecule has 0 aliphatic carbocycles. The predicted molar refractivity (Wildman–Crippen MR) is 94.8 cm³/mol. The maximum absolute atomic E-state index is 13.0. The molecule has 138 valence electrons. The van der Waals surface area contributed by atoms with Crippen LogP contribution in [0.25, 0.3) is 0 Å². The lowest BCUT2D eigenvalue weighted by Gasteiger charge is -2.32. The monoisotopic (exact) mass is 347 g/mol. The van der Waals surface area contributed by atoms with Crippen molar-refractivity contribution in [2.75, 3.05) is 19.6 Å². The van der Waals surface area contributed by atoms with Gasteiger partial charge >= 0.3 is 0 Å². The first kappa shape index (κ1) is 18.0. The van der Waals surface area contributed by atoms with Crippen molar-refractivity contribution in [1.82, 2.24) is 15.1 Å². The number of hydrogen-bond acceptors (Lipinski definition) is 4. The molecule has 2 fully saturated rings. The zero-order valence-electron chi connectivity index (χ0n) is 15.1. The van der Waals surface area contributed by atoms with Crippen LogP contribution in [-0.2, 0) is 16.1 Å². The van der Waals surface area contributed by atoms with Crippen LogP contribution in [0.2, 0.25) is 0 Å². The highest BCUT2D eigenvalue weighted by Crippen LogP contribution is 2.21. The van der Waals surface area contributed by atoms with Gasteiger partial charge in [-0.05, 0) is 57.8 Å². The molecule has 2 unspecified atom stereocenters. The van der Waals surface area contributed by atoms with Gasteiger partial charge in [-0.2, -0.15) is 0 Å². The second-order valence-corrected chi connectivity index (χ2v) is 7.11. The van der Waals surface area contributed by atoms with Crippen molar-refractivity contribution in [3.8, 4) is 0 Å². The molecular formula is C19H29N3O3. The van der Waals surface area contributed by atoms with Gasteiger partial charge < -0.3 is 14.6 Å². The maximum atomic E-state index is 13.0. The molecule has 25 heavy (non-hydrogen) atoms. The fourth-order valence-corrected chi connectivity index (χ4v) is 3.89. The highest BCUT2D eigenvalue weighted by atomic mass is 16.3. The van der Waals surface area contributed by atoms with E-state index in [1.807, 2.05) is 13.0 Å². The van der Waals surface area contributed by atoms with Crippen LogP contribution >= 0.6 is 0 Å². The highest BCUT2D eigenvalue weighted by molar-refractivity contribution is 5.90. The van der Waals surface area contributed by atoms with E-state index in [2.05, 4.69) is 10.2 Å². The van der Waals surface area contributed by atoms with E-state index in [0.29, 0.717) is 13.1 Å². The zero-order chi connectivity index (χ0) is 17.6. The molecule has 6 nitrogen and oxygen atoms in total. The van der Waals surface area contributed by atoms with Crippen LogP contribution in [0, 0.1) is 0 Å². The van der Waals surface area contributed by atoms with Crippen LogP contribution in [0.5, 0.6) is 0 Å². The molecule has 0 saturated carbocycles. The van der Waals surface area contributed by atoms with Gasteiger partial charge in [0.1, 0.15) is 11.8 Å². The third-order valence-corrected chi connectivity index (χ3v) is 5.40. The molecule has 3 rings (SSSR count). The van der Waals surface area contributed by atoms with Crippen molar-refractivity contribution in [3.05, 3.63) is 24.2 Å². The highest BCUT2D eigenvalue weighted by Gasteiger charge is 2.37. The van der Waals surface area contributed by atoms with Gasteiger partial charge in [0, 0.05) is 6.54 Å². The third kappa shape index (κ3) is 4.42.